The Kier molecular flexibility index (Phi) is 5.47. The summed E-state index contributed by atoms with van der Waals surface area (Å²) >= 11 is 0. The van der Waals surface area contributed by atoms with Crippen LogP contribution in [0.2, 0.25) is 0 Å². The molecule has 2 aliphatic rings. The van der Waals surface area contributed by atoms with Gasteiger partial charge in [0.15, 0.2) is 0 Å². The molecule has 1 aromatic carbocycles. The third-order valence-corrected chi connectivity index (χ3v) is 7.31. The van der Waals surface area contributed by atoms with Crippen LogP contribution in [0.5, 0.6) is 5.75 Å². The molecule has 0 bridgehead atoms. The molecule has 0 amide bonds. The zero-order valence-electron chi connectivity index (χ0n) is 19.1. The standard InChI is InChI=1S/C26H42O/c1-24(2,3)22-17-18-16-20(14-15-21(18)23(22)25(4,5)6)27-26(7,8)19-12-10-9-11-13-19/h14-16,19,22-23H,9-13,17H2,1-8H3. The molecule has 0 N–H and O–H groups in total. The molecule has 1 saturated carbocycles. The zero-order valence-corrected chi connectivity index (χ0v) is 19.1. The third kappa shape index (κ3) is 4.38. The number of hydrogen-bond acceptors (Lipinski definition) is 1. The number of ether oxygens (including phenoxy) is 1. The highest BCUT2D eigenvalue weighted by molar-refractivity contribution is 5.43. The molecular formula is C26H42O. The van der Waals surface area contributed by atoms with Gasteiger partial charge in [-0.2, -0.15) is 0 Å². The molecule has 0 aliphatic heterocycles. The van der Waals surface area contributed by atoms with Crippen molar-refractivity contribution < 1.29 is 4.74 Å². The van der Waals surface area contributed by atoms with Crippen LogP contribution in [0, 0.1) is 22.7 Å². The summed E-state index contributed by atoms with van der Waals surface area (Å²) in [6, 6.07) is 6.99. The van der Waals surface area contributed by atoms with E-state index in [2.05, 4.69) is 73.6 Å². The van der Waals surface area contributed by atoms with Crippen LogP contribution in [0.3, 0.4) is 0 Å². The fourth-order valence-corrected chi connectivity index (χ4v) is 5.76. The monoisotopic (exact) mass is 370 g/mol. The van der Waals surface area contributed by atoms with Crippen LogP contribution in [0.25, 0.3) is 0 Å². The van der Waals surface area contributed by atoms with Crippen molar-refractivity contribution in [2.45, 2.75) is 105 Å². The average molecular weight is 371 g/mol. The molecule has 0 aromatic heterocycles. The van der Waals surface area contributed by atoms with Crippen LogP contribution < -0.4 is 4.74 Å². The highest BCUT2D eigenvalue weighted by atomic mass is 16.5. The van der Waals surface area contributed by atoms with E-state index in [1.54, 1.807) is 5.56 Å². The Morgan fingerprint density at radius 1 is 0.815 bits per heavy atom. The maximum Gasteiger partial charge on any atom is 0.120 e. The van der Waals surface area contributed by atoms with Gasteiger partial charge in [-0.15, -0.1) is 0 Å². The van der Waals surface area contributed by atoms with Gasteiger partial charge >= 0.3 is 0 Å². The summed E-state index contributed by atoms with van der Waals surface area (Å²) in [6.07, 6.45) is 7.94. The van der Waals surface area contributed by atoms with E-state index in [-0.39, 0.29) is 11.0 Å². The van der Waals surface area contributed by atoms with Crippen molar-refractivity contribution in [2.75, 3.05) is 0 Å². The lowest BCUT2D eigenvalue weighted by Crippen LogP contribution is -2.38. The SMILES string of the molecule is CC(C)(C)C1Cc2cc(OC(C)(C)C3CCCCC3)ccc2C1C(C)(C)C. The maximum atomic E-state index is 6.61. The first-order chi connectivity index (χ1) is 12.4. The number of hydrogen-bond donors (Lipinski definition) is 0. The van der Waals surface area contributed by atoms with Gasteiger partial charge in [0, 0.05) is 0 Å². The first kappa shape index (κ1) is 20.7. The van der Waals surface area contributed by atoms with Crippen molar-refractivity contribution in [3.05, 3.63) is 29.3 Å². The quantitative estimate of drug-likeness (QED) is 0.528. The van der Waals surface area contributed by atoms with E-state index < -0.39 is 0 Å². The van der Waals surface area contributed by atoms with E-state index in [0.29, 0.717) is 23.2 Å². The highest BCUT2D eigenvalue weighted by Crippen LogP contribution is 2.54. The minimum absolute atomic E-state index is 0.0693. The van der Waals surface area contributed by atoms with Crippen LogP contribution in [-0.4, -0.2) is 5.60 Å². The Morgan fingerprint density at radius 3 is 2.00 bits per heavy atom. The first-order valence-electron chi connectivity index (χ1n) is 11.2. The fourth-order valence-electron chi connectivity index (χ4n) is 5.76. The normalized spacial score (nSPS) is 24.7. The van der Waals surface area contributed by atoms with Crippen molar-refractivity contribution in [1.29, 1.82) is 0 Å². The molecule has 0 saturated heterocycles. The summed E-state index contributed by atoms with van der Waals surface area (Å²) in [7, 11) is 0. The minimum Gasteiger partial charge on any atom is -0.488 e. The van der Waals surface area contributed by atoms with Crippen molar-refractivity contribution in [2.24, 2.45) is 22.7 Å². The Bertz CT molecular complexity index is 650. The van der Waals surface area contributed by atoms with Gasteiger partial charge in [-0.05, 0) is 85.0 Å². The molecule has 1 aromatic rings. The topological polar surface area (TPSA) is 9.23 Å². The lowest BCUT2D eigenvalue weighted by molar-refractivity contribution is 0.0252. The Labute approximate surface area is 168 Å². The van der Waals surface area contributed by atoms with E-state index in [1.807, 2.05) is 0 Å². The molecule has 2 aliphatic carbocycles. The first-order valence-corrected chi connectivity index (χ1v) is 11.2. The molecule has 1 heteroatoms. The van der Waals surface area contributed by atoms with Gasteiger partial charge in [-0.25, -0.2) is 0 Å². The molecule has 1 fully saturated rings. The Balaban J connectivity index is 1.85. The van der Waals surface area contributed by atoms with Gasteiger partial charge in [0.1, 0.15) is 11.4 Å². The van der Waals surface area contributed by atoms with Gasteiger partial charge in [0.05, 0.1) is 0 Å². The van der Waals surface area contributed by atoms with Crippen LogP contribution >= 0.6 is 0 Å². The second kappa shape index (κ2) is 7.12. The van der Waals surface area contributed by atoms with Crippen molar-refractivity contribution in [3.63, 3.8) is 0 Å². The van der Waals surface area contributed by atoms with Gasteiger partial charge in [0.25, 0.3) is 0 Å². The highest BCUT2D eigenvalue weighted by Gasteiger charge is 2.45. The van der Waals surface area contributed by atoms with E-state index >= 15 is 0 Å². The predicted octanol–water partition coefficient (Wildman–Crippen LogP) is 7.77. The van der Waals surface area contributed by atoms with Crippen LogP contribution in [0.1, 0.15) is 105 Å². The van der Waals surface area contributed by atoms with E-state index in [1.165, 1.54) is 44.1 Å². The largest absolute Gasteiger partial charge is 0.488 e. The minimum atomic E-state index is -0.0693. The molecule has 0 heterocycles. The Morgan fingerprint density at radius 2 is 1.44 bits per heavy atom. The second-order valence-electron chi connectivity index (χ2n) is 11.9. The molecule has 152 valence electrons. The van der Waals surface area contributed by atoms with Crippen LogP contribution in [-0.2, 0) is 6.42 Å². The lowest BCUT2D eigenvalue weighted by Gasteiger charge is -2.40. The fraction of sp³-hybridized carbons (Fsp3) is 0.769. The molecule has 2 atom stereocenters. The molecule has 3 rings (SSSR count). The number of rotatable bonds is 3. The number of benzene rings is 1. The summed E-state index contributed by atoms with van der Waals surface area (Å²) in [6.45, 7) is 19.0. The average Bonchev–Trinajstić information content (AvgIpc) is 2.94. The van der Waals surface area contributed by atoms with E-state index in [9.17, 15) is 0 Å². The van der Waals surface area contributed by atoms with Gasteiger partial charge in [-0.1, -0.05) is 66.9 Å². The summed E-state index contributed by atoms with van der Waals surface area (Å²) in [5.74, 6) is 3.07. The summed E-state index contributed by atoms with van der Waals surface area (Å²) < 4.78 is 6.61. The lowest BCUT2D eigenvalue weighted by atomic mass is 9.65. The van der Waals surface area contributed by atoms with E-state index in [4.69, 9.17) is 4.74 Å². The molecule has 0 spiro atoms. The van der Waals surface area contributed by atoms with Crippen LogP contribution in [0.4, 0.5) is 0 Å². The maximum absolute atomic E-state index is 6.61. The third-order valence-electron chi connectivity index (χ3n) is 7.31. The summed E-state index contributed by atoms with van der Waals surface area (Å²) in [5, 5.41) is 0. The smallest absolute Gasteiger partial charge is 0.120 e. The molecule has 27 heavy (non-hydrogen) atoms. The second-order valence-corrected chi connectivity index (χ2v) is 11.9. The molecule has 1 nitrogen and oxygen atoms in total. The van der Waals surface area contributed by atoms with Crippen molar-refractivity contribution in [3.8, 4) is 5.75 Å². The summed E-state index contributed by atoms with van der Waals surface area (Å²) in [5.41, 5.74) is 3.61. The molecule has 2 unspecified atom stereocenters. The van der Waals surface area contributed by atoms with E-state index in [0.717, 1.165) is 5.75 Å². The van der Waals surface area contributed by atoms with Crippen molar-refractivity contribution >= 4 is 0 Å². The molecule has 0 radical (unpaired) electrons. The van der Waals surface area contributed by atoms with Crippen LogP contribution in [0.15, 0.2) is 18.2 Å². The van der Waals surface area contributed by atoms with Gasteiger partial charge < -0.3 is 4.74 Å². The van der Waals surface area contributed by atoms with Crippen molar-refractivity contribution in [1.82, 2.24) is 0 Å². The number of fused-ring (bicyclic) bond motifs is 1. The zero-order chi connectivity index (χ0) is 20.0. The van der Waals surface area contributed by atoms with Gasteiger partial charge in [-0.3, -0.25) is 0 Å². The van der Waals surface area contributed by atoms with Gasteiger partial charge in [0.2, 0.25) is 0 Å². The summed E-state index contributed by atoms with van der Waals surface area (Å²) in [4.78, 5) is 0. The Hall–Kier alpha value is -0.980. The predicted molar refractivity (Wildman–Crippen MR) is 117 cm³/mol. The molecular weight excluding hydrogens is 328 g/mol.